The van der Waals surface area contributed by atoms with Gasteiger partial charge in [0.05, 0.1) is 6.20 Å². The summed E-state index contributed by atoms with van der Waals surface area (Å²) in [5.74, 6) is -1.30. The molecule has 0 fully saturated rings. The molecule has 1 amide bonds. The van der Waals surface area contributed by atoms with Crippen molar-refractivity contribution in [2.45, 2.75) is 12.8 Å². The number of rotatable bonds is 5. The first-order valence-corrected chi connectivity index (χ1v) is 6.04. The van der Waals surface area contributed by atoms with Crippen LogP contribution in [0.25, 0.3) is 0 Å². The SMILES string of the molecule is O=C(Nc1cncnc1OC(F)C(F)F)c1ccnc(Cl)n1. The molecule has 0 spiro atoms. The van der Waals surface area contributed by atoms with Crippen molar-refractivity contribution in [3.05, 3.63) is 35.8 Å². The van der Waals surface area contributed by atoms with Gasteiger partial charge in [0.25, 0.3) is 12.3 Å². The third-order valence-corrected chi connectivity index (χ3v) is 2.39. The molecule has 0 saturated heterocycles. The molecule has 22 heavy (non-hydrogen) atoms. The summed E-state index contributed by atoms with van der Waals surface area (Å²) in [7, 11) is 0. The van der Waals surface area contributed by atoms with E-state index in [1.165, 1.54) is 12.3 Å². The van der Waals surface area contributed by atoms with Crippen LogP contribution in [0.3, 0.4) is 0 Å². The van der Waals surface area contributed by atoms with E-state index in [4.69, 9.17) is 11.6 Å². The van der Waals surface area contributed by atoms with Gasteiger partial charge in [0.15, 0.2) is 0 Å². The van der Waals surface area contributed by atoms with E-state index in [9.17, 15) is 18.0 Å². The number of carbonyl (C=O) groups excluding carboxylic acids is 1. The maximum absolute atomic E-state index is 12.9. The van der Waals surface area contributed by atoms with Crippen LogP contribution in [0.1, 0.15) is 10.5 Å². The fourth-order valence-electron chi connectivity index (χ4n) is 1.30. The highest BCUT2D eigenvalue weighted by Gasteiger charge is 2.23. The summed E-state index contributed by atoms with van der Waals surface area (Å²) in [6, 6.07) is 1.27. The molecule has 0 aliphatic heterocycles. The van der Waals surface area contributed by atoms with Gasteiger partial charge < -0.3 is 10.1 Å². The largest absolute Gasteiger partial charge is 0.435 e. The van der Waals surface area contributed by atoms with Crippen molar-refractivity contribution < 1.29 is 22.7 Å². The number of nitrogens with zero attached hydrogens (tertiary/aromatic N) is 4. The Morgan fingerprint density at radius 3 is 2.77 bits per heavy atom. The molecule has 0 saturated carbocycles. The number of amides is 1. The van der Waals surface area contributed by atoms with E-state index in [-0.39, 0.29) is 16.7 Å². The second-order valence-corrected chi connectivity index (χ2v) is 4.05. The van der Waals surface area contributed by atoms with Crippen LogP contribution >= 0.6 is 11.6 Å². The Balaban J connectivity index is 2.17. The van der Waals surface area contributed by atoms with Crippen LogP contribution in [0.2, 0.25) is 5.28 Å². The number of carbonyl (C=O) groups is 1. The molecule has 2 rings (SSSR count). The first-order chi connectivity index (χ1) is 10.5. The standard InChI is InChI=1S/C11H7ClF3N5O2/c12-11-17-2-1-5(20-11)9(21)19-6-3-16-4-18-10(6)22-8(15)7(13)14/h1-4,7-8H,(H,19,21). The van der Waals surface area contributed by atoms with Crippen molar-refractivity contribution in [2.75, 3.05) is 5.32 Å². The summed E-state index contributed by atoms with van der Waals surface area (Å²) in [5, 5.41) is 2.09. The minimum Gasteiger partial charge on any atom is -0.435 e. The van der Waals surface area contributed by atoms with Gasteiger partial charge in [0.1, 0.15) is 17.7 Å². The zero-order valence-corrected chi connectivity index (χ0v) is 11.3. The summed E-state index contributed by atoms with van der Waals surface area (Å²) < 4.78 is 41.6. The van der Waals surface area contributed by atoms with E-state index >= 15 is 0 Å². The van der Waals surface area contributed by atoms with E-state index in [1.807, 2.05) is 0 Å². The Morgan fingerprint density at radius 2 is 2.09 bits per heavy atom. The first kappa shape index (κ1) is 15.9. The van der Waals surface area contributed by atoms with Crippen molar-refractivity contribution in [1.29, 1.82) is 0 Å². The highest BCUT2D eigenvalue weighted by molar-refractivity contribution is 6.28. The summed E-state index contributed by atoms with van der Waals surface area (Å²) in [6.07, 6.45) is -3.00. The van der Waals surface area contributed by atoms with Gasteiger partial charge in [-0.15, -0.1) is 0 Å². The quantitative estimate of drug-likeness (QED) is 0.843. The zero-order chi connectivity index (χ0) is 16.1. The molecule has 11 heteroatoms. The molecule has 1 unspecified atom stereocenters. The highest BCUT2D eigenvalue weighted by atomic mass is 35.5. The van der Waals surface area contributed by atoms with Crippen molar-refractivity contribution in [3.63, 3.8) is 0 Å². The Hall–Kier alpha value is -2.49. The number of alkyl halides is 3. The average molecular weight is 334 g/mol. The van der Waals surface area contributed by atoms with Gasteiger partial charge in [0.2, 0.25) is 11.2 Å². The fourth-order valence-corrected chi connectivity index (χ4v) is 1.45. The molecule has 1 atom stereocenters. The maximum atomic E-state index is 12.9. The Morgan fingerprint density at radius 1 is 1.32 bits per heavy atom. The Kier molecular flexibility index (Phi) is 5.04. The van der Waals surface area contributed by atoms with Gasteiger partial charge in [0, 0.05) is 6.20 Å². The van der Waals surface area contributed by atoms with E-state index < -0.39 is 24.6 Å². The van der Waals surface area contributed by atoms with Crippen molar-refractivity contribution in [1.82, 2.24) is 19.9 Å². The summed E-state index contributed by atoms with van der Waals surface area (Å²) in [5.41, 5.74) is -0.300. The summed E-state index contributed by atoms with van der Waals surface area (Å²) >= 11 is 5.54. The lowest BCUT2D eigenvalue weighted by atomic mass is 10.3. The third-order valence-electron chi connectivity index (χ3n) is 2.21. The fraction of sp³-hybridized carbons (Fsp3) is 0.182. The molecule has 0 bridgehead atoms. The monoisotopic (exact) mass is 333 g/mol. The minimum atomic E-state index is -3.36. The molecule has 2 aromatic rings. The van der Waals surface area contributed by atoms with Gasteiger partial charge in [-0.2, -0.15) is 9.37 Å². The molecule has 0 aromatic carbocycles. The molecule has 7 nitrogen and oxygen atoms in total. The Labute approximate surface area is 126 Å². The van der Waals surface area contributed by atoms with Crippen LogP contribution in [0, 0.1) is 0 Å². The average Bonchev–Trinajstić information content (AvgIpc) is 2.49. The number of ether oxygens (including phenoxy) is 1. The molecule has 0 aliphatic carbocycles. The van der Waals surface area contributed by atoms with Gasteiger partial charge in [-0.05, 0) is 17.7 Å². The van der Waals surface area contributed by atoms with Crippen LogP contribution in [0.5, 0.6) is 5.88 Å². The Bertz CT molecular complexity index is 676. The zero-order valence-electron chi connectivity index (χ0n) is 10.6. The van der Waals surface area contributed by atoms with Gasteiger partial charge in [-0.1, -0.05) is 0 Å². The number of halogens is 4. The summed E-state index contributed by atoms with van der Waals surface area (Å²) in [4.78, 5) is 26.2. The lowest BCUT2D eigenvalue weighted by Gasteiger charge is -2.12. The second kappa shape index (κ2) is 6.98. The number of nitrogens with one attached hydrogen (secondary N) is 1. The van der Waals surface area contributed by atoms with Crippen LogP contribution < -0.4 is 10.1 Å². The van der Waals surface area contributed by atoms with E-state index in [0.717, 1.165) is 12.5 Å². The molecular weight excluding hydrogens is 327 g/mol. The van der Waals surface area contributed by atoms with E-state index in [2.05, 4.69) is 30.0 Å². The molecule has 0 aliphatic rings. The molecule has 0 radical (unpaired) electrons. The van der Waals surface area contributed by atoms with Gasteiger partial charge in [-0.3, -0.25) is 4.79 Å². The van der Waals surface area contributed by atoms with Gasteiger partial charge in [-0.25, -0.2) is 23.7 Å². The number of hydrogen-bond acceptors (Lipinski definition) is 6. The maximum Gasteiger partial charge on any atom is 0.304 e. The number of hydrogen-bond donors (Lipinski definition) is 1. The topological polar surface area (TPSA) is 89.9 Å². The first-order valence-electron chi connectivity index (χ1n) is 5.66. The van der Waals surface area contributed by atoms with Crippen LogP contribution in [0.15, 0.2) is 24.8 Å². The van der Waals surface area contributed by atoms with E-state index in [0.29, 0.717) is 0 Å². The van der Waals surface area contributed by atoms with Crippen LogP contribution in [-0.2, 0) is 0 Å². The van der Waals surface area contributed by atoms with Crippen molar-refractivity contribution >= 4 is 23.2 Å². The molecular formula is C11H7ClF3N5O2. The minimum absolute atomic E-state index is 0.0968. The number of aromatic nitrogens is 4. The lowest BCUT2D eigenvalue weighted by molar-refractivity contribution is -0.0687. The molecule has 116 valence electrons. The van der Waals surface area contributed by atoms with Crippen molar-refractivity contribution in [3.8, 4) is 5.88 Å². The number of anilines is 1. The summed E-state index contributed by atoms with van der Waals surface area (Å²) in [6.45, 7) is 0. The van der Waals surface area contributed by atoms with Crippen LogP contribution in [-0.4, -0.2) is 38.6 Å². The van der Waals surface area contributed by atoms with Gasteiger partial charge >= 0.3 is 6.43 Å². The normalized spacial score (nSPS) is 12.0. The highest BCUT2D eigenvalue weighted by Crippen LogP contribution is 2.23. The van der Waals surface area contributed by atoms with Crippen LogP contribution in [0.4, 0.5) is 18.9 Å². The third kappa shape index (κ3) is 4.01. The van der Waals surface area contributed by atoms with E-state index in [1.54, 1.807) is 0 Å². The smallest absolute Gasteiger partial charge is 0.304 e. The predicted octanol–water partition coefficient (Wildman–Crippen LogP) is 2.11. The van der Waals surface area contributed by atoms with Crippen molar-refractivity contribution in [2.24, 2.45) is 0 Å². The molecule has 2 heterocycles. The lowest BCUT2D eigenvalue weighted by Crippen LogP contribution is -2.22. The molecule has 1 N–H and O–H groups in total. The second-order valence-electron chi connectivity index (χ2n) is 3.71. The molecule has 2 aromatic heterocycles. The predicted molar refractivity (Wildman–Crippen MR) is 68.6 cm³/mol.